The third kappa shape index (κ3) is 15.7. The van der Waals surface area contributed by atoms with Crippen molar-refractivity contribution in [1.29, 1.82) is 0 Å². The molecular formula is C55H66N10O6. The molecule has 16 heteroatoms. The van der Waals surface area contributed by atoms with Crippen molar-refractivity contribution in [2.75, 3.05) is 13.1 Å². The minimum Gasteiger partial charge on any atom is -0.368 e. The van der Waals surface area contributed by atoms with Crippen LogP contribution in [0.25, 0.3) is 10.9 Å². The molecule has 0 bridgehead atoms. The molecule has 0 aliphatic heterocycles. The second kappa shape index (κ2) is 26.9. The van der Waals surface area contributed by atoms with E-state index in [-0.39, 0.29) is 38.6 Å². The van der Waals surface area contributed by atoms with Gasteiger partial charge in [-0.05, 0) is 79.1 Å². The van der Waals surface area contributed by atoms with Crippen LogP contribution in [0.15, 0.2) is 152 Å². The molecule has 0 saturated heterocycles. The van der Waals surface area contributed by atoms with Crippen LogP contribution in [0, 0.1) is 0 Å². The highest BCUT2D eigenvalue weighted by atomic mass is 16.2. The normalized spacial score (nSPS) is 14.1. The number of fused-ring (bicyclic) bond motifs is 1. The number of aromatic amines is 1. The van der Waals surface area contributed by atoms with Crippen molar-refractivity contribution < 1.29 is 28.8 Å². The van der Waals surface area contributed by atoms with Crippen molar-refractivity contribution >= 4 is 46.3 Å². The van der Waals surface area contributed by atoms with Gasteiger partial charge in [-0.3, -0.25) is 28.8 Å². The topological polar surface area (TPSA) is 282 Å². The molecule has 6 aromatic rings. The molecule has 0 aliphatic rings. The summed E-state index contributed by atoms with van der Waals surface area (Å²) in [6.07, 6.45) is 3.54. The van der Waals surface area contributed by atoms with E-state index in [4.69, 9.17) is 22.9 Å². The second-order valence-corrected chi connectivity index (χ2v) is 17.8. The molecule has 16 nitrogen and oxygen atoms in total. The van der Waals surface area contributed by atoms with Crippen LogP contribution in [-0.4, -0.2) is 89.8 Å². The van der Waals surface area contributed by atoms with E-state index in [0.717, 1.165) is 27.6 Å². The lowest BCUT2D eigenvalue weighted by atomic mass is 9.87. The number of nitrogens with one attached hydrogen (secondary N) is 6. The Bertz CT molecular complexity index is 2650. The Morgan fingerprint density at radius 3 is 1.44 bits per heavy atom. The molecular weight excluding hydrogens is 897 g/mol. The van der Waals surface area contributed by atoms with Gasteiger partial charge in [0.25, 0.3) is 0 Å². The van der Waals surface area contributed by atoms with E-state index in [9.17, 15) is 28.8 Å². The van der Waals surface area contributed by atoms with Gasteiger partial charge >= 0.3 is 0 Å². The van der Waals surface area contributed by atoms with E-state index in [2.05, 4.69) is 31.6 Å². The quantitative estimate of drug-likeness (QED) is 0.0340. The Morgan fingerprint density at radius 1 is 0.465 bits per heavy atom. The maximum Gasteiger partial charge on any atom is 0.243 e. The van der Waals surface area contributed by atoms with Crippen molar-refractivity contribution in [2.45, 2.75) is 93.5 Å². The third-order valence-electron chi connectivity index (χ3n) is 12.5. The molecule has 1 unspecified atom stereocenters. The maximum atomic E-state index is 14.9. The fraction of sp³-hybridized carbons (Fsp3) is 0.309. The summed E-state index contributed by atoms with van der Waals surface area (Å²) in [4.78, 5) is 88.4. The summed E-state index contributed by atoms with van der Waals surface area (Å²) in [5, 5.41) is 15.2. The SMILES string of the molecule is NCCCC[C@H](NC(=O)[C@@H](Cc1c[nH]c2ccccc12)NC(=O)[C@H](Cc1ccccc1)NC(=O)[C@H](Cc1ccccc1)NC(=O)[C@@H](N)Cc1ccccc1)C(=O)N[C@H](C(N)=O)C(CCN)c1ccccc1. The van der Waals surface area contributed by atoms with Crippen LogP contribution in [0.5, 0.6) is 0 Å². The lowest BCUT2D eigenvalue weighted by Gasteiger charge is -2.29. The molecule has 14 N–H and O–H groups in total. The van der Waals surface area contributed by atoms with Crippen LogP contribution in [0.1, 0.15) is 59.4 Å². The van der Waals surface area contributed by atoms with Crippen molar-refractivity contribution in [2.24, 2.45) is 22.9 Å². The zero-order valence-electron chi connectivity index (χ0n) is 39.8. The first-order chi connectivity index (χ1) is 34.4. The number of H-pyrrole nitrogens is 1. The summed E-state index contributed by atoms with van der Waals surface area (Å²) < 4.78 is 0. The van der Waals surface area contributed by atoms with Crippen LogP contribution < -0.4 is 49.5 Å². The van der Waals surface area contributed by atoms with E-state index in [1.54, 1.807) is 6.20 Å². The van der Waals surface area contributed by atoms with Crippen LogP contribution in [0.2, 0.25) is 0 Å². The largest absolute Gasteiger partial charge is 0.368 e. The van der Waals surface area contributed by atoms with Gasteiger partial charge in [0.1, 0.15) is 30.2 Å². The predicted molar refractivity (Wildman–Crippen MR) is 275 cm³/mol. The molecule has 7 atom stereocenters. The van der Waals surface area contributed by atoms with Gasteiger partial charge in [0.2, 0.25) is 35.4 Å². The standard InChI is InChI=1S/C55H66N10O6/c56-29-16-15-27-45(52(68)65-49(50(59)66)42(28-30-57)39-23-11-4-12-24-39)61-55(71)48(34-40-35-60-44-26-14-13-25-41(40)44)64-54(70)47(33-38-21-9-3-10-22-38)63-53(69)46(32-37-19-7-2-8-20-37)62-51(67)43(58)31-36-17-5-1-6-18-36/h1-14,17-26,35,42-43,45-49,60H,15-16,27-34,56-58H2,(H2,59,66)(H,61,71)(H,62,67)(H,63,69)(H,64,70)(H,65,68)/t42?,43-,45-,46-,47-,48+,49-/m0/s1. The Hall–Kier alpha value is -7.66. The number of amides is 6. The summed E-state index contributed by atoms with van der Waals surface area (Å²) in [6.45, 7) is 0.547. The number of para-hydroxylation sites is 1. The molecule has 0 radical (unpaired) electrons. The number of primary amides is 1. The van der Waals surface area contributed by atoms with Gasteiger partial charge in [-0.1, -0.05) is 140 Å². The molecule has 6 amide bonds. The zero-order chi connectivity index (χ0) is 50.5. The highest BCUT2D eigenvalue weighted by Gasteiger charge is 2.35. The van der Waals surface area contributed by atoms with Crippen LogP contribution in [0.4, 0.5) is 0 Å². The fourth-order valence-corrected chi connectivity index (χ4v) is 8.70. The predicted octanol–water partition coefficient (Wildman–Crippen LogP) is 2.94. The third-order valence-corrected chi connectivity index (χ3v) is 12.5. The summed E-state index contributed by atoms with van der Waals surface area (Å²) in [5.74, 6) is -4.57. The Kier molecular flexibility index (Phi) is 20.0. The number of rotatable bonds is 27. The van der Waals surface area contributed by atoms with Gasteiger partial charge in [-0.2, -0.15) is 0 Å². The first-order valence-electron chi connectivity index (χ1n) is 24.1. The average molecular weight is 963 g/mol. The van der Waals surface area contributed by atoms with Crippen LogP contribution >= 0.6 is 0 Å². The van der Waals surface area contributed by atoms with Gasteiger partial charge in [-0.25, -0.2) is 0 Å². The smallest absolute Gasteiger partial charge is 0.243 e. The first kappa shape index (κ1) is 52.7. The molecule has 71 heavy (non-hydrogen) atoms. The first-order valence-corrected chi connectivity index (χ1v) is 24.1. The number of carbonyl (C=O) groups is 6. The van der Waals surface area contributed by atoms with Gasteiger partial charge in [0.05, 0.1) is 6.04 Å². The van der Waals surface area contributed by atoms with E-state index < -0.39 is 77.6 Å². The van der Waals surface area contributed by atoms with E-state index in [1.165, 1.54) is 0 Å². The number of carbonyl (C=O) groups excluding carboxylic acids is 6. The summed E-state index contributed by atoms with van der Waals surface area (Å²) in [6, 6.07) is 37.1. The molecule has 0 spiro atoms. The molecule has 0 saturated carbocycles. The number of hydrogen-bond donors (Lipinski definition) is 10. The monoisotopic (exact) mass is 963 g/mol. The van der Waals surface area contributed by atoms with Crippen LogP contribution in [0.3, 0.4) is 0 Å². The van der Waals surface area contributed by atoms with Gasteiger partial charge in [0, 0.05) is 42.3 Å². The molecule has 5 aromatic carbocycles. The van der Waals surface area contributed by atoms with Crippen LogP contribution in [-0.2, 0) is 54.5 Å². The number of benzene rings is 5. The van der Waals surface area contributed by atoms with Crippen molar-refractivity contribution in [3.8, 4) is 0 Å². The van der Waals surface area contributed by atoms with Crippen molar-refractivity contribution in [1.82, 2.24) is 31.6 Å². The fourth-order valence-electron chi connectivity index (χ4n) is 8.70. The second-order valence-electron chi connectivity index (χ2n) is 17.8. The summed E-state index contributed by atoms with van der Waals surface area (Å²) in [7, 11) is 0. The van der Waals surface area contributed by atoms with Gasteiger partial charge < -0.3 is 54.5 Å². The Labute approximate surface area is 414 Å². The highest BCUT2D eigenvalue weighted by Crippen LogP contribution is 2.24. The minimum absolute atomic E-state index is 0.0172. The Balaban J connectivity index is 1.29. The lowest BCUT2D eigenvalue weighted by Crippen LogP contribution is -2.60. The van der Waals surface area contributed by atoms with Gasteiger partial charge in [0.15, 0.2) is 0 Å². The number of nitrogens with two attached hydrogens (primary N) is 4. The molecule has 0 fully saturated rings. The van der Waals surface area contributed by atoms with E-state index in [1.807, 2.05) is 146 Å². The highest BCUT2D eigenvalue weighted by molar-refractivity contribution is 5.97. The number of hydrogen-bond acceptors (Lipinski definition) is 9. The lowest BCUT2D eigenvalue weighted by molar-refractivity contribution is -0.135. The summed E-state index contributed by atoms with van der Waals surface area (Å²) in [5.41, 5.74) is 28.7. The zero-order valence-corrected chi connectivity index (χ0v) is 39.8. The molecule has 1 aromatic heterocycles. The summed E-state index contributed by atoms with van der Waals surface area (Å²) >= 11 is 0. The van der Waals surface area contributed by atoms with Gasteiger partial charge in [-0.15, -0.1) is 0 Å². The Morgan fingerprint density at radius 2 is 0.915 bits per heavy atom. The van der Waals surface area contributed by atoms with E-state index >= 15 is 0 Å². The van der Waals surface area contributed by atoms with Crippen molar-refractivity contribution in [3.63, 3.8) is 0 Å². The molecule has 6 rings (SSSR count). The number of unbranched alkanes of at least 4 members (excludes halogenated alkanes) is 1. The molecule has 1 heterocycles. The number of aromatic nitrogens is 1. The minimum atomic E-state index is -1.29. The van der Waals surface area contributed by atoms with Crippen molar-refractivity contribution in [3.05, 3.63) is 180 Å². The molecule has 0 aliphatic carbocycles. The average Bonchev–Trinajstić information content (AvgIpc) is 3.79. The maximum absolute atomic E-state index is 14.9. The molecule has 372 valence electrons. The van der Waals surface area contributed by atoms with E-state index in [0.29, 0.717) is 36.9 Å².